The van der Waals surface area contributed by atoms with Crippen LogP contribution in [-0.2, 0) is 0 Å². The van der Waals surface area contributed by atoms with Gasteiger partial charge in [0.25, 0.3) is 0 Å². The maximum absolute atomic E-state index is 2.62. The van der Waals surface area contributed by atoms with E-state index in [1.807, 2.05) is 0 Å². The molecule has 3 atom stereocenters. The van der Waals surface area contributed by atoms with Crippen molar-refractivity contribution in [2.45, 2.75) is 37.8 Å². The normalized spacial score (nSPS) is 28.7. The minimum absolute atomic E-state index is 0.744. The SMILES string of the molecule is CN1[C@@H]2CC[C@H]1C[C@@H](C=C(c1ccsc1)c1ccsc1)C2. The van der Waals surface area contributed by atoms with E-state index in [0.717, 1.165) is 18.0 Å². The molecule has 0 amide bonds. The second-order valence-corrected chi connectivity index (χ2v) is 7.95. The monoisotopic (exact) mass is 315 g/mol. The van der Waals surface area contributed by atoms with Gasteiger partial charge in [0.1, 0.15) is 0 Å². The summed E-state index contributed by atoms with van der Waals surface area (Å²) in [7, 11) is 2.32. The Kier molecular flexibility index (Phi) is 3.74. The minimum atomic E-state index is 0.744. The molecule has 1 nitrogen and oxygen atoms in total. The quantitative estimate of drug-likeness (QED) is 0.760. The molecule has 2 aliphatic heterocycles. The highest BCUT2D eigenvalue weighted by Crippen LogP contribution is 2.40. The van der Waals surface area contributed by atoms with E-state index in [4.69, 9.17) is 0 Å². The van der Waals surface area contributed by atoms with Crippen LogP contribution < -0.4 is 0 Å². The molecule has 2 aromatic heterocycles. The van der Waals surface area contributed by atoms with Crippen molar-refractivity contribution in [1.82, 2.24) is 4.90 Å². The number of fused-ring (bicyclic) bond motifs is 2. The predicted octanol–water partition coefficient (Wildman–Crippen LogP) is 5.11. The Morgan fingerprint density at radius 2 is 1.62 bits per heavy atom. The van der Waals surface area contributed by atoms with Gasteiger partial charge in [-0.1, -0.05) is 6.08 Å². The first-order valence-electron chi connectivity index (χ1n) is 7.80. The molecule has 110 valence electrons. The van der Waals surface area contributed by atoms with E-state index in [9.17, 15) is 0 Å². The van der Waals surface area contributed by atoms with Gasteiger partial charge in [-0.15, -0.1) is 0 Å². The van der Waals surface area contributed by atoms with E-state index in [1.54, 1.807) is 22.7 Å². The van der Waals surface area contributed by atoms with Crippen molar-refractivity contribution < 1.29 is 0 Å². The lowest BCUT2D eigenvalue weighted by Gasteiger charge is -2.35. The first-order valence-corrected chi connectivity index (χ1v) is 9.68. The second-order valence-electron chi connectivity index (χ2n) is 6.39. The average molecular weight is 316 g/mol. The van der Waals surface area contributed by atoms with Gasteiger partial charge in [0, 0.05) is 12.1 Å². The fraction of sp³-hybridized carbons (Fsp3) is 0.444. The molecular weight excluding hydrogens is 294 g/mol. The molecule has 2 aliphatic rings. The molecule has 2 fully saturated rings. The van der Waals surface area contributed by atoms with Crippen LogP contribution in [0.5, 0.6) is 0 Å². The molecule has 2 aromatic rings. The maximum atomic E-state index is 2.62. The standard InChI is InChI=1S/C18H21NS2/c1-19-16-2-3-17(19)9-13(8-16)10-18(14-4-6-20-11-14)15-5-7-21-12-15/h4-7,10-13,16-17H,2-3,8-9H2,1H3/t13-,16+,17-. The van der Waals surface area contributed by atoms with E-state index in [2.05, 4.69) is 51.7 Å². The van der Waals surface area contributed by atoms with Crippen LogP contribution in [0, 0.1) is 5.92 Å². The van der Waals surface area contributed by atoms with E-state index >= 15 is 0 Å². The van der Waals surface area contributed by atoms with Gasteiger partial charge in [-0.05, 0) is 89.0 Å². The van der Waals surface area contributed by atoms with Gasteiger partial charge in [0.15, 0.2) is 0 Å². The van der Waals surface area contributed by atoms with Crippen LogP contribution in [0.25, 0.3) is 5.57 Å². The van der Waals surface area contributed by atoms with Crippen molar-refractivity contribution in [3.63, 3.8) is 0 Å². The first-order chi connectivity index (χ1) is 10.3. The number of nitrogens with zero attached hydrogens (tertiary/aromatic N) is 1. The summed E-state index contributed by atoms with van der Waals surface area (Å²) in [5.41, 5.74) is 4.24. The summed E-state index contributed by atoms with van der Waals surface area (Å²) >= 11 is 3.59. The fourth-order valence-corrected chi connectivity index (χ4v) is 5.33. The molecule has 0 spiro atoms. The minimum Gasteiger partial charge on any atom is -0.300 e. The van der Waals surface area contributed by atoms with Crippen LogP contribution in [0.15, 0.2) is 39.7 Å². The Bertz CT molecular complexity index is 561. The molecular formula is C18H21NS2. The van der Waals surface area contributed by atoms with Gasteiger partial charge >= 0.3 is 0 Å². The van der Waals surface area contributed by atoms with Crippen LogP contribution in [-0.4, -0.2) is 24.0 Å². The lowest BCUT2D eigenvalue weighted by molar-refractivity contribution is 0.152. The van der Waals surface area contributed by atoms with Crippen molar-refractivity contribution in [2.24, 2.45) is 5.92 Å². The second kappa shape index (κ2) is 5.71. The summed E-state index contributed by atoms with van der Waals surface area (Å²) in [6.07, 6.45) is 8.05. The number of allylic oxidation sites excluding steroid dienone is 1. The maximum Gasteiger partial charge on any atom is 0.0101 e. The first kappa shape index (κ1) is 13.7. The Hall–Kier alpha value is -0.900. The van der Waals surface area contributed by atoms with Crippen molar-refractivity contribution in [3.8, 4) is 0 Å². The van der Waals surface area contributed by atoms with Crippen LogP contribution in [0.2, 0.25) is 0 Å². The van der Waals surface area contributed by atoms with Gasteiger partial charge in [0.2, 0.25) is 0 Å². The van der Waals surface area contributed by atoms with Crippen LogP contribution >= 0.6 is 22.7 Å². The van der Waals surface area contributed by atoms with E-state index in [1.165, 1.54) is 42.4 Å². The molecule has 21 heavy (non-hydrogen) atoms. The van der Waals surface area contributed by atoms with E-state index in [-0.39, 0.29) is 0 Å². The van der Waals surface area contributed by atoms with Crippen LogP contribution in [0.4, 0.5) is 0 Å². The summed E-state index contributed by atoms with van der Waals surface area (Å²) < 4.78 is 0. The summed E-state index contributed by atoms with van der Waals surface area (Å²) in [5, 5.41) is 8.95. The molecule has 0 aliphatic carbocycles. The predicted molar refractivity (Wildman–Crippen MR) is 93.0 cm³/mol. The topological polar surface area (TPSA) is 3.24 Å². The Morgan fingerprint density at radius 1 is 1.05 bits per heavy atom. The van der Waals surface area contributed by atoms with Gasteiger partial charge in [-0.3, -0.25) is 0 Å². The molecule has 4 rings (SSSR count). The third-order valence-corrected chi connectivity index (χ3v) is 6.57. The van der Waals surface area contributed by atoms with Crippen molar-refractivity contribution in [2.75, 3.05) is 7.05 Å². The van der Waals surface area contributed by atoms with Crippen molar-refractivity contribution in [1.29, 1.82) is 0 Å². The van der Waals surface area contributed by atoms with Crippen LogP contribution in [0.3, 0.4) is 0 Å². The Morgan fingerprint density at radius 3 is 2.10 bits per heavy atom. The molecule has 4 heterocycles. The molecule has 0 saturated carbocycles. The summed E-state index contributed by atoms with van der Waals surface area (Å²) in [4.78, 5) is 2.62. The number of hydrogen-bond donors (Lipinski definition) is 0. The summed E-state index contributed by atoms with van der Waals surface area (Å²) in [6.45, 7) is 0. The Balaban J connectivity index is 1.65. The van der Waals surface area contributed by atoms with Crippen molar-refractivity contribution >= 4 is 28.2 Å². The van der Waals surface area contributed by atoms with Crippen LogP contribution in [0.1, 0.15) is 36.8 Å². The largest absolute Gasteiger partial charge is 0.300 e. The molecule has 3 heteroatoms. The number of rotatable bonds is 3. The van der Waals surface area contributed by atoms with Gasteiger partial charge in [-0.25, -0.2) is 0 Å². The molecule has 0 N–H and O–H groups in total. The Labute approximate surface area is 134 Å². The highest BCUT2D eigenvalue weighted by Gasteiger charge is 2.37. The lowest BCUT2D eigenvalue weighted by atomic mass is 9.87. The lowest BCUT2D eigenvalue weighted by Crippen LogP contribution is -2.39. The summed E-state index contributed by atoms with van der Waals surface area (Å²) in [6, 6.07) is 6.16. The smallest absolute Gasteiger partial charge is 0.0101 e. The molecule has 2 saturated heterocycles. The zero-order valence-electron chi connectivity index (χ0n) is 12.4. The van der Waals surface area contributed by atoms with Crippen molar-refractivity contribution in [3.05, 3.63) is 50.9 Å². The van der Waals surface area contributed by atoms with Gasteiger partial charge in [0.05, 0.1) is 0 Å². The number of piperidine rings is 1. The zero-order chi connectivity index (χ0) is 14.2. The third-order valence-electron chi connectivity index (χ3n) is 5.20. The zero-order valence-corrected chi connectivity index (χ0v) is 14.0. The van der Waals surface area contributed by atoms with Gasteiger partial charge < -0.3 is 4.90 Å². The highest BCUT2D eigenvalue weighted by atomic mass is 32.1. The third kappa shape index (κ3) is 2.63. The molecule has 0 radical (unpaired) electrons. The number of hydrogen-bond acceptors (Lipinski definition) is 3. The van der Waals surface area contributed by atoms with E-state index in [0.29, 0.717) is 0 Å². The average Bonchev–Trinajstić information content (AvgIpc) is 3.20. The number of thiophene rings is 2. The highest BCUT2D eigenvalue weighted by molar-refractivity contribution is 7.08. The molecule has 0 unspecified atom stereocenters. The van der Waals surface area contributed by atoms with E-state index < -0.39 is 0 Å². The van der Waals surface area contributed by atoms with Gasteiger partial charge in [-0.2, -0.15) is 22.7 Å². The fourth-order valence-electron chi connectivity index (χ4n) is 4.02. The molecule has 0 aromatic carbocycles. The molecule has 2 bridgehead atoms. The summed E-state index contributed by atoms with van der Waals surface area (Å²) in [5.74, 6) is 0.744.